The van der Waals surface area contributed by atoms with Crippen LogP contribution in [0.1, 0.15) is 132 Å². The first-order valence-electron chi connectivity index (χ1n) is 25.0. The van der Waals surface area contributed by atoms with Crippen LogP contribution < -0.4 is 0 Å². The van der Waals surface area contributed by atoms with Crippen LogP contribution in [0.5, 0.6) is 0 Å². The Hall–Kier alpha value is -4.26. The minimum Gasteiger partial charge on any atom is -0.460 e. The summed E-state index contributed by atoms with van der Waals surface area (Å²) in [5.41, 5.74) is 1.17. The number of carbonyl (C=O) groups excluding carboxylic acids is 5. The second-order valence-electron chi connectivity index (χ2n) is 20.4. The van der Waals surface area contributed by atoms with Gasteiger partial charge in [-0.25, -0.2) is 9.48 Å². The number of nitrogens with zero attached hydrogens (tertiary/aromatic N) is 5. The number of ether oxygens (including phenoxy) is 5. The Kier molecular flexibility index (Phi) is 20.8. The highest BCUT2D eigenvalue weighted by molar-refractivity contribution is 6.09. The van der Waals surface area contributed by atoms with Gasteiger partial charge in [0, 0.05) is 58.5 Å². The zero-order valence-electron chi connectivity index (χ0n) is 42.5. The fourth-order valence-electron chi connectivity index (χ4n) is 10.7. The number of cyclic esters (lactones) is 1. The number of aliphatic hydroxyl groups excluding tert-OH is 1. The van der Waals surface area contributed by atoms with Gasteiger partial charge in [0.25, 0.3) is 5.91 Å². The number of ketones is 3. The predicted molar refractivity (Wildman–Crippen MR) is 256 cm³/mol. The van der Waals surface area contributed by atoms with Crippen LogP contribution in [0.3, 0.4) is 0 Å². The molecule has 0 radical (unpaired) electrons. The Bertz CT molecular complexity index is 2020. The van der Waals surface area contributed by atoms with E-state index in [-0.39, 0.29) is 67.3 Å². The molecule has 2 saturated heterocycles. The molecule has 15 atom stereocenters. The Labute approximate surface area is 408 Å². The van der Waals surface area contributed by atoms with Crippen LogP contribution in [0, 0.1) is 35.5 Å². The Morgan fingerprint density at radius 1 is 0.884 bits per heavy atom. The zero-order chi connectivity index (χ0) is 50.6. The molecule has 4 heterocycles. The number of hydrogen-bond acceptors (Lipinski definition) is 15. The van der Waals surface area contributed by atoms with Crippen molar-refractivity contribution in [2.24, 2.45) is 35.5 Å². The summed E-state index contributed by atoms with van der Waals surface area (Å²) in [4.78, 5) is 72.6. The molecule has 1 amide bonds. The van der Waals surface area contributed by atoms with Crippen LogP contribution in [0.15, 0.2) is 53.9 Å². The number of methoxy groups -OCH3 is 3. The Balaban J connectivity index is 1.49. The van der Waals surface area contributed by atoms with Crippen molar-refractivity contribution < 1.29 is 57.9 Å². The van der Waals surface area contributed by atoms with E-state index < -0.39 is 77.8 Å². The molecule has 384 valence electrons. The van der Waals surface area contributed by atoms with E-state index in [1.54, 1.807) is 52.1 Å². The molecular formula is C52H79N5O12. The number of allylic oxidation sites excluding steroid dienone is 6. The number of piperidine rings is 1. The van der Waals surface area contributed by atoms with Gasteiger partial charge in [0.2, 0.25) is 5.78 Å². The average molecular weight is 966 g/mol. The van der Waals surface area contributed by atoms with E-state index in [0.717, 1.165) is 18.4 Å². The molecule has 0 aromatic carbocycles. The third kappa shape index (κ3) is 14.2. The minimum atomic E-state index is -2.86. The lowest BCUT2D eigenvalue weighted by atomic mass is 9.77. The van der Waals surface area contributed by atoms with Crippen molar-refractivity contribution >= 4 is 29.2 Å². The van der Waals surface area contributed by atoms with Crippen LogP contribution >= 0.6 is 0 Å². The van der Waals surface area contributed by atoms with Gasteiger partial charge in [-0.1, -0.05) is 71.1 Å². The largest absolute Gasteiger partial charge is 0.460 e. The van der Waals surface area contributed by atoms with E-state index in [9.17, 15) is 34.2 Å². The summed E-state index contributed by atoms with van der Waals surface area (Å²) in [5, 5.41) is 35.4. The number of tetrazole rings is 1. The highest BCUT2D eigenvalue weighted by atomic mass is 16.6. The quantitative estimate of drug-likeness (QED) is 0.235. The molecule has 4 aliphatic rings. The molecule has 1 aromatic heterocycles. The topological polar surface area (TPSA) is 219 Å². The number of fused-ring (bicyclic) bond motifs is 3. The summed E-state index contributed by atoms with van der Waals surface area (Å²) in [6.07, 6.45) is 13.4. The lowest BCUT2D eigenvalue weighted by Gasteiger charge is -2.40. The molecule has 3 aliphatic heterocycles. The van der Waals surface area contributed by atoms with E-state index in [0.29, 0.717) is 50.5 Å². The number of Topliss-reactive ketones (excluding diaryl/α,β-unsaturated/α-hetero) is 3. The molecular weight excluding hydrogens is 887 g/mol. The van der Waals surface area contributed by atoms with Gasteiger partial charge in [0.05, 0.1) is 30.5 Å². The lowest BCUT2D eigenvalue weighted by Crippen LogP contribution is -2.62. The number of aliphatic hydroxyl groups is 2. The molecule has 3 fully saturated rings. The molecule has 1 saturated carbocycles. The van der Waals surface area contributed by atoms with Gasteiger partial charge in [0.15, 0.2) is 11.6 Å². The molecule has 5 rings (SSSR count). The maximum Gasteiger partial charge on any atom is 0.329 e. The second kappa shape index (κ2) is 25.7. The number of aromatic nitrogens is 4. The first kappa shape index (κ1) is 55.7. The first-order chi connectivity index (χ1) is 32.8. The fourth-order valence-corrected chi connectivity index (χ4v) is 10.7. The van der Waals surface area contributed by atoms with Gasteiger partial charge in [-0.15, -0.1) is 5.10 Å². The zero-order valence-corrected chi connectivity index (χ0v) is 42.5. The SMILES string of the molecule is CO[C@H]1C[C@@H]2CC[C@@H](C)C(=O)C(O)(O2)C(=O)N2CCCC[C@H]2C(=O)O[C@H]([C@H](C)C[C@@H]2CC[C@H](n3cnnn3)[C@H](OC)C2)CC(=O)/C(C)=C/C(C)[C@@H](O)[C@@H](OC)C(=O)[C@H](C)C[C@H](C)C=CC=CC=C1C. The normalized spacial score (nSPS) is 37.1. The number of rotatable bonds is 7. The van der Waals surface area contributed by atoms with E-state index in [2.05, 4.69) is 15.5 Å². The second-order valence-corrected chi connectivity index (χ2v) is 20.4. The summed E-state index contributed by atoms with van der Waals surface area (Å²) < 4.78 is 31.7. The van der Waals surface area contributed by atoms with Crippen LogP contribution in [0.4, 0.5) is 0 Å². The van der Waals surface area contributed by atoms with Gasteiger partial charge >= 0.3 is 11.8 Å². The van der Waals surface area contributed by atoms with Crippen molar-refractivity contribution in [3.8, 4) is 0 Å². The van der Waals surface area contributed by atoms with Crippen molar-refractivity contribution in [2.75, 3.05) is 27.9 Å². The van der Waals surface area contributed by atoms with E-state index in [1.165, 1.54) is 12.0 Å². The molecule has 17 heteroatoms. The summed E-state index contributed by atoms with van der Waals surface area (Å²) in [6.45, 7) is 12.8. The minimum absolute atomic E-state index is 0.0151. The maximum absolute atomic E-state index is 14.7. The Morgan fingerprint density at radius 3 is 2.32 bits per heavy atom. The number of hydrogen-bond donors (Lipinski definition) is 2. The molecule has 2 bridgehead atoms. The van der Waals surface area contributed by atoms with Gasteiger partial charge in [-0.3, -0.25) is 19.2 Å². The summed E-state index contributed by atoms with van der Waals surface area (Å²) >= 11 is 0. The van der Waals surface area contributed by atoms with Gasteiger partial charge in [-0.05, 0) is 117 Å². The average Bonchev–Trinajstić information content (AvgIpc) is 3.85. The summed E-state index contributed by atoms with van der Waals surface area (Å²) in [5.74, 6) is -7.95. The molecule has 17 nitrogen and oxygen atoms in total. The molecule has 1 aliphatic carbocycles. The fraction of sp³-hybridized carbons (Fsp3) is 0.731. The standard InChI is InChI=1S/C52H79N5O12/c1-31-16-12-11-13-17-32(2)43(65-8)28-39-21-19-33(3)49(61)52(64,69-39)51(63)56-23-15-14-18-41(56)50(62)68-44(35(5)26-38-20-22-40(45(27-38)66-9)57-30-53-54-55-57)29-42(58)34(4)25-37(7)47(60)48(67-10)46(59)36(6)24-31/h11-13,16-17,25,30-31,33,35-41,43-45,47-48,60,64H,14-15,18-24,26-29H2,1-10H3/b13-11?,16-12?,32-17?,34-25+/t31-,33-,35-,36-,37?,38+,39+,40+,41+,43+,44+,45-,47-,48+,52?/m1/s1. The molecule has 2 N–H and O–H groups in total. The van der Waals surface area contributed by atoms with Crippen molar-refractivity contribution in [3.05, 3.63) is 53.9 Å². The van der Waals surface area contributed by atoms with Gasteiger partial charge in [-0.2, -0.15) is 0 Å². The van der Waals surface area contributed by atoms with Crippen LogP contribution in [0.25, 0.3) is 0 Å². The summed E-state index contributed by atoms with van der Waals surface area (Å²) in [6, 6.07) is -1.22. The monoisotopic (exact) mass is 966 g/mol. The van der Waals surface area contributed by atoms with Gasteiger partial charge in [0.1, 0.15) is 24.6 Å². The highest BCUT2D eigenvalue weighted by Gasteiger charge is 2.55. The number of amides is 1. The van der Waals surface area contributed by atoms with Crippen molar-refractivity contribution in [3.63, 3.8) is 0 Å². The van der Waals surface area contributed by atoms with Crippen LogP contribution in [-0.4, -0.2) is 141 Å². The molecule has 69 heavy (non-hydrogen) atoms. The van der Waals surface area contributed by atoms with Crippen molar-refractivity contribution in [2.45, 2.75) is 180 Å². The predicted octanol–water partition coefficient (Wildman–Crippen LogP) is 6.05. The molecule has 2 unspecified atom stereocenters. The number of carbonyl (C=O) groups is 5. The Morgan fingerprint density at radius 2 is 1.64 bits per heavy atom. The third-order valence-electron chi connectivity index (χ3n) is 15.1. The summed E-state index contributed by atoms with van der Waals surface area (Å²) in [7, 11) is 4.61. The number of esters is 1. The van der Waals surface area contributed by atoms with E-state index in [4.69, 9.17) is 23.7 Å². The molecule has 1 aromatic rings. The van der Waals surface area contributed by atoms with Crippen LogP contribution in [0.2, 0.25) is 0 Å². The first-order valence-corrected chi connectivity index (χ1v) is 25.0. The third-order valence-corrected chi connectivity index (χ3v) is 15.1. The lowest BCUT2D eigenvalue weighted by molar-refractivity contribution is -0.231. The van der Waals surface area contributed by atoms with Gasteiger partial charge < -0.3 is 38.8 Å². The van der Waals surface area contributed by atoms with Crippen LogP contribution in [-0.2, 0) is 47.7 Å². The van der Waals surface area contributed by atoms with Crippen molar-refractivity contribution in [1.82, 2.24) is 25.1 Å². The van der Waals surface area contributed by atoms with E-state index in [1.807, 2.05) is 58.1 Å². The molecule has 0 spiro atoms. The highest BCUT2D eigenvalue weighted by Crippen LogP contribution is 2.39. The smallest absolute Gasteiger partial charge is 0.329 e. The van der Waals surface area contributed by atoms with E-state index >= 15 is 0 Å². The maximum atomic E-state index is 14.7. The van der Waals surface area contributed by atoms with Crippen molar-refractivity contribution in [1.29, 1.82) is 0 Å².